The number of rotatable bonds is 2. The molecule has 2 amide bonds. The van der Waals surface area contributed by atoms with Crippen molar-refractivity contribution in [3.05, 3.63) is 40.5 Å². The molecule has 124 valence electrons. The molecular formula is C19H25BrN2O. The third-order valence-corrected chi connectivity index (χ3v) is 5.56. The van der Waals surface area contributed by atoms with Gasteiger partial charge >= 0.3 is 6.03 Å². The van der Waals surface area contributed by atoms with Crippen LogP contribution in [0.3, 0.4) is 0 Å². The number of carbonyl (C=O) groups is 1. The minimum absolute atomic E-state index is 0.0322. The van der Waals surface area contributed by atoms with Crippen LogP contribution in [0.5, 0.6) is 0 Å². The van der Waals surface area contributed by atoms with Crippen LogP contribution in [0.4, 0.5) is 4.79 Å². The van der Waals surface area contributed by atoms with Crippen molar-refractivity contribution in [2.24, 2.45) is 10.8 Å². The third kappa shape index (κ3) is 3.79. The predicted octanol–water partition coefficient (Wildman–Crippen LogP) is 5.03. The highest BCUT2D eigenvalue weighted by Gasteiger charge is 2.50. The molecule has 2 aliphatic rings. The molecule has 0 spiro atoms. The first kappa shape index (κ1) is 16.6. The maximum absolute atomic E-state index is 12.5. The second kappa shape index (κ2) is 5.97. The Balaban J connectivity index is 1.62. The van der Waals surface area contributed by atoms with Gasteiger partial charge in [-0.05, 0) is 53.9 Å². The minimum atomic E-state index is 0.0322. The Morgan fingerprint density at radius 3 is 2.65 bits per heavy atom. The Morgan fingerprint density at radius 1 is 1.26 bits per heavy atom. The van der Waals surface area contributed by atoms with Crippen LogP contribution in [-0.4, -0.2) is 23.5 Å². The molecule has 23 heavy (non-hydrogen) atoms. The number of halogens is 1. The average Bonchev–Trinajstić information content (AvgIpc) is 2.70. The molecule has 4 heteroatoms. The van der Waals surface area contributed by atoms with Gasteiger partial charge in [-0.3, -0.25) is 0 Å². The van der Waals surface area contributed by atoms with Crippen molar-refractivity contribution in [3.8, 4) is 0 Å². The van der Waals surface area contributed by atoms with E-state index >= 15 is 0 Å². The molecule has 1 heterocycles. The zero-order valence-corrected chi connectivity index (χ0v) is 15.7. The van der Waals surface area contributed by atoms with Gasteiger partial charge in [0, 0.05) is 23.3 Å². The maximum Gasteiger partial charge on any atom is 0.321 e. The highest BCUT2D eigenvalue weighted by molar-refractivity contribution is 9.10. The molecule has 2 bridgehead atoms. The number of hydrogen-bond donors (Lipinski definition) is 1. The lowest BCUT2D eigenvalue weighted by atomic mass is 9.65. The minimum Gasteiger partial charge on any atom is -0.321 e. The van der Waals surface area contributed by atoms with Crippen LogP contribution in [0, 0.1) is 10.8 Å². The molecule has 1 saturated heterocycles. The van der Waals surface area contributed by atoms with Crippen LogP contribution in [-0.2, 0) is 0 Å². The lowest BCUT2D eigenvalue weighted by Crippen LogP contribution is -2.41. The fraction of sp³-hybridized carbons (Fsp3) is 0.526. The molecule has 1 aromatic carbocycles. The van der Waals surface area contributed by atoms with Crippen LogP contribution >= 0.6 is 15.9 Å². The van der Waals surface area contributed by atoms with Gasteiger partial charge in [-0.1, -0.05) is 48.8 Å². The second-order valence-electron chi connectivity index (χ2n) is 8.18. The monoisotopic (exact) mass is 376 g/mol. The van der Waals surface area contributed by atoms with Crippen molar-refractivity contribution < 1.29 is 4.79 Å². The largest absolute Gasteiger partial charge is 0.321 e. The first-order chi connectivity index (χ1) is 10.8. The van der Waals surface area contributed by atoms with Crippen molar-refractivity contribution in [1.29, 1.82) is 0 Å². The summed E-state index contributed by atoms with van der Waals surface area (Å²) in [6, 6.07) is 8.43. The SMILES string of the molecule is CC1(C)CC2CC(C)(CN2C(=O)N/C=C/c2ccc(Br)cc2)C1. The first-order valence-electron chi connectivity index (χ1n) is 8.26. The number of carbonyl (C=O) groups excluding carboxylic acids is 1. The zero-order chi connectivity index (χ0) is 16.7. The van der Waals surface area contributed by atoms with Crippen molar-refractivity contribution in [2.75, 3.05) is 6.54 Å². The average molecular weight is 377 g/mol. The van der Waals surface area contributed by atoms with E-state index in [9.17, 15) is 4.79 Å². The smallest absolute Gasteiger partial charge is 0.321 e. The molecule has 0 aromatic heterocycles. The fourth-order valence-electron chi connectivity index (χ4n) is 4.56. The molecule has 1 aliphatic heterocycles. The fourth-order valence-corrected chi connectivity index (χ4v) is 4.83. The number of amides is 2. The van der Waals surface area contributed by atoms with Crippen molar-refractivity contribution in [1.82, 2.24) is 10.2 Å². The van der Waals surface area contributed by atoms with Gasteiger partial charge in [-0.2, -0.15) is 0 Å². The van der Waals surface area contributed by atoms with E-state index in [0.29, 0.717) is 11.5 Å². The highest BCUT2D eigenvalue weighted by atomic mass is 79.9. The number of benzene rings is 1. The Morgan fingerprint density at radius 2 is 1.96 bits per heavy atom. The summed E-state index contributed by atoms with van der Waals surface area (Å²) < 4.78 is 1.05. The first-order valence-corrected chi connectivity index (χ1v) is 9.05. The van der Waals surface area contributed by atoms with Crippen LogP contribution < -0.4 is 5.32 Å². The Hall–Kier alpha value is -1.29. The summed E-state index contributed by atoms with van der Waals surface area (Å²) in [5, 5.41) is 2.94. The van der Waals surface area contributed by atoms with Gasteiger partial charge < -0.3 is 10.2 Å². The number of nitrogens with zero attached hydrogens (tertiary/aromatic N) is 1. The molecular weight excluding hydrogens is 352 g/mol. The molecule has 1 aliphatic carbocycles. The van der Waals surface area contributed by atoms with E-state index in [1.54, 1.807) is 6.20 Å². The van der Waals surface area contributed by atoms with Gasteiger partial charge in [-0.15, -0.1) is 0 Å². The van der Waals surface area contributed by atoms with Gasteiger partial charge in [-0.25, -0.2) is 4.79 Å². The van der Waals surface area contributed by atoms with E-state index < -0.39 is 0 Å². The van der Waals surface area contributed by atoms with E-state index in [1.807, 2.05) is 35.2 Å². The molecule has 0 radical (unpaired) electrons. The summed E-state index contributed by atoms with van der Waals surface area (Å²) in [7, 11) is 0. The number of urea groups is 1. The summed E-state index contributed by atoms with van der Waals surface area (Å²) >= 11 is 3.42. The van der Waals surface area contributed by atoms with E-state index in [2.05, 4.69) is 42.0 Å². The van der Waals surface area contributed by atoms with E-state index in [1.165, 1.54) is 6.42 Å². The van der Waals surface area contributed by atoms with Gasteiger partial charge in [0.1, 0.15) is 0 Å². The predicted molar refractivity (Wildman–Crippen MR) is 97.9 cm³/mol. The quantitative estimate of drug-likeness (QED) is 0.770. The zero-order valence-electron chi connectivity index (χ0n) is 14.1. The van der Waals surface area contributed by atoms with E-state index in [4.69, 9.17) is 0 Å². The van der Waals surface area contributed by atoms with Crippen LogP contribution in [0.15, 0.2) is 34.9 Å². The van der Waals surface area contributed by atoms with Crippen LogP contribution in [0.2, 0.25) is 0 Å². The number of likely N-dealkylation sites (tertiary alicyclic amines) is 1. The van der Waals surface area contributed by atoms with Crippen LogP contribution in [0.25, 0.3) is 6.08 Å². The van der Waals surface area contributed by atoms with Gasteiger partial charge in [0.2, 0.25) is 0 Å². The maximum atomic E-state index is 12.5. The molecule has 2 atom stereocenters. The standard InChI is InChI=1S/C19H25BrN2O/c1-18(2)10-16-11-19(3,12-18)13-22(16)17(23)21-9-8-14-4-6-15(20)7-5-14/h4-9,16H,10-13H2,1-3H3,(H,21,23)/b9-8+. The Kier molecular flexibility index (Phi) is 4.30. The highest BCUT2D eigenvalue weighted by Crippen LogP contribution is 2.52. The molecule has 1 aromatic rings. The Labute approximate surface area is 147 Å². The summed E-state index contributed by atoms with van der Waals surface area (Å²) in [5.74, 6) is 0. The summed E-state index contributed by atoms with van der Waals surface area (Å²) in [4.78, 5) is 14.6. The normalized spacial score (nSPS) is 29.0. The summed E-state index contributed by atoms with van der Waals surface area (Å²) in [6.45, 7) is 7.85. The van der Waals surface area contributed by atoms with Gasteiger partial charge in [0.15, 0.2) is 0 Å². The van der Waals surface area contributed by atoms with Crippen LogP contribution in [0.1, 0.15) is 45.6 Å². The number of nitrogens with one attached hydrogen (secondary N) is 1. The van der Waals surface area contributed by atoms with E-state index in [-0.39, 0.29) is 11.4 Å². The lowest BCUT2D eigenvalue weighted by molar-refractivity contribution is 0.129. The molecule has 2 fully saturated rings. The number of fused-ring (bicyclic) bond motifs is 2. The van der Waals surface area contributed by atoms with E-state index in [0.717, 1.165) is 29.4 Å². The molecule has 2 unspecified atom stereocenters. The summed E-state index contributed by atoms with van der Waals surface area (Å²) in [5.41, 5.74) is 1.68. The van der Waals surface area contributed by atoms with Gasteiger partial charge in [0.05, 0.1) is 0 Å². The second-order valence-corrected chi connectivity index (χ2v) is 9.09. The van der Waals surface area contributed by atoms with Gasteiger partial charge in [0.25, 0.3) is 0 Å². The molecule has 3 rings (SSSR count). The number of hydrogen-bond acceptors (Lipinski definition) is 1. The molecule has 3 nitrogen and oxygen atoms in total. The molecule has 1 N–H and O–H groups in total. The van der Waals surface area contributed by atoms with Crippen molar-refractivity contribution >= 4 is 28.0 Å². The van der Waals surface area contributed by atoms with Crippen molar-refractivity contribution in [2.45, 2.75) is 46.1 Å². The summed E-state index contributed by atoms with van der Waals surface area (Å²) in [6.07, 6.45) is 7.13. The lowest BCUT2D eigenvalue weighted by Gasteiger charge is -2.39. The van der Waals surface area contributed by atoms with Crippen molar-refractivity contribution in [3.63, 3.8) is 0 Å². The molecule has 1 saturated carbocycles. The topological polar surface area (TPSA) is 32.3 Å². The Bertz CT molecular complexity index is 623. The third-order valence-electron chi connectivity index (χ3n) is 5.03.